The van der Waals surface area contributed by atoms with Gasteiger partial charge in [0.2, 0.25) is 5.95 Å². The maximum absolute atomic E-state index is 10.7. The molecule has 0 unspecified atom stereocenters. The summed E-state index contributed by atoms with van der Waals surface area (Å²) in [6, 6.07) is 0.570. The molecule has 1 heterocycles. The third-order valence-corrected chi connectivity index (χ3v) is 3.76. The number of carbonyl (C=O) groups excluding carboxylic acids is 1. The van der Waals surface area contributed by atoms with Gasteiger partial charge in [0.1, 0.15) is 0 Å². The summed E-state index contributed by atoms with van der Waals surface area (Å²) in [4.78, 5) is 21.7. The summed E-state index contributed by atoms with van der Waals surface area (Å²) in [6.45, 7) is 5.48. The fraction of sp³-hybridized carbons (Fsp3) is 0.667. The Morgan fingerprint density at radius 2 is 1.95 bits per heavy atom. The standard InChI is InChI=1S/C15H23N3O/c1-12(2)7-8-18(14-5-3-4-6-14)15-16-9-13(11-19)10-17-15/h9-12,14H,3-8H2,1-2H3. The van der Waals surface area contributed by atoms with Crippen LogP contribution in [0.5, 0.6) is 0 Å². The molecule has 0 spiro atoms. The minimum Gasteiger partial charge on any atom is -0.338 e. The Labute approximate surface area is 115 Å². The first-order valence-electron chi connectivity index (χ1n) is 7.24. The Morgan fingerprint density at radius 1 is 1.32 bits per heavy atom. The van der Waals surface area contributed by atoms with E-state index in [4.69, 9.17) is 0 Å². The number of aromatic nitrogens is 2. The largest absolute Gasteiger partial charge is 0.338 e. The molecule has 1 aliphatic carbocycles. The van der Waals surface area contributed by atoms with E-state index in [1.165, 1.54) is 25.7 Å². The number of hydrogen-bond acceptors (Lipinski definition) is 4. The molecule has 1 saturated carbocycles. The number of nitrogens with zero attached hydrogens (tertiary/aromatic N) is 3. The topological polar surface area (TPSA) is 46.1 Å². The van der Waals surface area contributed by atoms with Crippen LogP contribution in [0.1, 0.15) is 56.3 Å². The van der Waals surface area contributed by atoms with Gasteiger partial charge in [0.25, 0.3) is 0 Å². The Balaban J connectivity index is 2.11. The average molecular weight is 261 g/mol. The van der Waals surface area contributed by atoms with Crippen LogP contribution < -0.4 is 4.90 Å². The van der Waals surface area contributed by atoms with Crippen molar-refractivity contribution in [3.8, 4) is 0 Å². The minimum absolute atomic E-state index is 0.541. The molecular formula is C15H23N3O. The van der Waals surface area contributed by atoms with Crippen LogP contribution in [-0.2, 0) is 0 Å². The van der Waals surface area contributed by atoms with Gasteiger partial charge in [0, 0.05) is 25.0 Å². The van der Waals surface area contributed by atoms with Crippen molar-refractivity contribution in [3.05, 3.63) is 18.0 Å². The molecule has 0 bridgehead atoms. The molecule has 19 heavy (non-hydrogen) atoms. The highest BCUT2D eigenvalue weighted by Crippen LogP contribution is 2.26. The van der Waals surface area contributed by atoms with Gasteiger partial charge in [-0.2, -0.15) is 0 Å². The summed E-state index contributed by atoms with van der Waals surface area (Å²) < 4.78 is 0. The fourth-order valence-corrected chi connectivity index (χ4v) is 2.60. The van der Waals surface area contributed by atoms with E-state index in [1.807, 2.05) is 0 Å². The molecule has 1 aromatic heterocycles. The predicted molar refractivity (Wildman–Crippen MR) is 76.5 cm³/mol. The van der Waals surface area contributed by atoms with E-state index in [-0.39, 0.29) is 0 Å². The molecule has 0 aliphatic heterocycles. The molecule has 1 fully saturated rings. The van der Waals surface area contributed by atoms with Crippen LogP contribution in [-0.4, -0.2) is 28.8 Å². The van der Waals surface area contributed by atoms with E-state index >= 15 is 0 Å². The molecule has 0 aromatic carbocycles. The number of anilines is 1. The fourth-order valence-electron chi connectivity index (χ4n) is 2.60. The van der Waals surface area contributed by atoms with Gasteiger partial charge in [-0.15, -0.1) is 0 Å². The highest BCUT2D eigenvalue weighted by Gasteiger charge is 2.24. The lowest BCUT2D eigenvalue weighted by Gasteiger charge is -2.29. The van der Waals surface area contributed by atoms with Crippen LogP contribution in [0.2, 0.25) is 0 Å². The molecule has 104 valence electrons. The first-order chi connectivity index (χ1) is 9.20. The van der Waals surface area contributed by atoms with Crippen LogP contribution >= 0.6 is 0 Å². The van der Waals surface area contributed by atoms with E-state index in [1.54, 1.807) is 12.4 Å². The van der Waals surface area contributed by atoms with Gasteiger partial charge in [-0.3, -0.25) is 4.79 Å². The van der Waals surface area contributed by atoms with Crippen molar-refractivity contribution in [1.29, 1.82) is 0 Å². The van der Waals surface area contributed by atoms with Crippen LogP contribution in [0.4, 0.5) is 5.95 Å². The van der Waals surface area contributed by atoms with Crippen LogP contribution in [0.15, 0.2) is 12.4 Å². The lowest BCUT2D eigenvalue weighted by Crippen LogP contribution is -2.36. The van der Waals surface area contributed by atoms with E-state index < -0.39 is 0 Å². The lowest BCUT2D eigenvalue weighted by atomic mass is 10.1. The Bertz CT molecular complexity index is 396. The number of rotatable bonds is 6. The maximum atomic E-state index is 10.7. The molecule has 2 rings (SSSR count). The molecule has 4 nitrogen and oxygen atoms in total. The average Bonchev–Trinajstić information content (AvgIpc) is 2.93. The Morgan fingerprint density at radius 3 is 2.47 bits per heavy atom. The molecule has 4 heteroatoms. The molecule has 0 amide bonds. The molecular weight excluding hydrogens is 238 g/mol. The quantitative estimate of drug-likeness (QED) is 0.738. The third kappa shape index (κ3) is 3.75. The highest BCUT2D eigenvalue weighted by molar-refractivity contribution is 5.73. The van der Waals surface area contributed by atoms with Crippen LogP contribution in [0, 0.1) is 5.92 Å². The predicted octanol–water partition coefficient (Wildman–Crippen LogP) is 3.08. The van der Waals surface area contributed by atoms with Crippen LogP contribution in [0.3, 0.4) is 0 Å². The van der Waals surface area contributed by atoms with E-state index in [9.17, 15) is 4.79 Å². The van der Waals surface area contributed by atoms with Crippen molar-refractivity contribution in [1.82, 2.24) is 9.97 Å². The van der Waals surface area contributed by atoms with Gasteiger partial charge in [0.05, 0.1) is 5.56 Å². The van der Waals surface area contributed by atoms with Gasteiger partial charge >= 0.3 is 0 Å². The number of hydrogen-bond donors (Lipinski definition) is 0. The lowest BCUT2D eigenvalue weighted by molar-refractivity contribution is 0.112. The summed E-state index contributed by atoms with van der Waals surface area (Å²) >= 11 is 0. The zero-order valence-corrected chi connectivity index (χ0v) is 11.9. The minimum atomic E-state index is 0.541. The maximum Gasteiger partial charge on any atom is 0.225 e. The van der Waals surface area contributed by atoms with E-state index in [0.29, 0.717) is 17.5 Å². The Hall–Kier alpha value is -1.45. The monoisotopic (exact) mass is 261 g/mol. The van der Waals surface area contributed by atoms with Crippen molar-refractivity contribution in [3.63, 3.8) is 0 Å². The molecule has 1 aromatic rings. The van der Waals surface area contributed by atoms with Crippen molar-refractivity contribution in [2.45, 2.75) is 52.0 Å². The van der Waals surface area contributed by atoms with Gasteiger partial charge in [-0.1, -0.05) is 26.7 Å². The molecule has 1 aliphatic rings. The first-order valence-corrected chi connectivity index (χ1v) is 7.24. The van der Waals surface area contributed by atoms with Crippen molar-refractivity contribution >= 4 is 12.2 Å². The van der Waals surface area contributed by atoms with Gasteiger partial charge < -0.3 is 4.90 Å². The Kier molecular flexibility index (Phi) is 4.88. The summed E-state index contributed by atoms with van der Waals surface area (Å²) in [5.41, 5.74) is 0.541. The van der Waals surface area contributed by atoms with Crippen LogP contribution in [0.25, 0.3) is 0 Å². The molecule has 0 saturated heterocycles. The summed E-state index contributed by atoms with van der Waals surface area (Å²) in [5, 5.41) is 0. The smallest absolute Gasteiger partial charge is 0.225 e. The highest BCUT2D eigenvalue weighted by atomic mass is 16.1. The van der Waals surface area contributed by atoms with E-state index in [0.717, 1.165) is 25.2 Å². The number of carbonyl (C=O) groups is 1. The zero-order chi connectivity index (χ0) is 13.7. The second kappa shape index (κ2) is 6.64. The normalized spacial score (nSPS) is 15.9. The molecule has 0 atom stereocenters. The van der Waals surface area contributed by atoms with Crippen molar-refractivity contribution in [2.75, 3.05) is 11.4 Å². The number of aldehydes is 1. The van der Waals surface area contributed by atoms with Crippen molar-refractivity contribution < 1.29 is 4.79 Å². The summed E-state index contributed by atoms with van der Waals surface area (Å²) in [7, 11) is 0. The van der Waals surface area contributed by atoms with Crippen molar-refractivity contribution in [2.24, 2.45) is 5.92 Å². The molecule has 0 N–H and O–H groups in total. The zero-order valence-electron chi connectivity index (χ0n) is 11.9. The van der Waals surface area contributed by atoms with Gasteiger partial charge in [0.15, 0.2) is 6.29 Å². The van der Waals surface area contributed by atoms with Gasteiger partial charge in [-0.05, 0) is 25.2 Å². The second-order valence-electron chi connectivity index (χ2n) is 5.75. The summed E-state index contributed by atoms with van der Waals surface area (Å²) in [6.07, 6.45) is 10.2. The molecule has 0 radical (unpaired) electrons. The first kappa shape index (κ1) is 14.0. The second-order valence-corrected chi connectivity index (χ2v) is 5.75. The summed E-state index contributed by atoms with van der Waals surface area (Å²) in [5.74, 6) is 1.45. The third-order valence-electron chi connectivity index (χ3n) is 3.76. The SMILES string of the molecule is CC(C)CCN(c1ncc(C=O)cn1)C1CCCC1. The van der Waals surface area contributed by atoms with E-state index in [2.05, 4.69) is 28.7 Å². The van der Waals surface area contributed by atoms with Gasteiger partial charge in [-0.25, -0.2) is 9.97 Å².